The molecule has 0 atom stereocenters. The van der Waals surface area contributed by atoms with E-state index in [0.717, 1.165) is 32.7 Å². The minimum atomic E-state index is 0.845. The van der Waals surface area contributed by atoms with E-state index in [9.17, 15) is 0 Å². The lowest BCUT2D eigenvalue weighted by Crippen LogP contribution is -2.46. The first kappa shape index (κ1) is 8.63. The van der Waals surface area contributed by atoms with Crippen molar-refractivity contribution >= 4 is 0 Å². The number of hydrogen-bond donors (Lipinski definition) is 1. The number of dihydropyridines is 1. The van der Waals surface area contributed by atoms with E-state index in [0.29, 0.717) is 0 Å². The van der Waals surface area contributed by atoms with Gasteiger partial charge in [-0.15, -0.1) is 0 Å². The smallest absolute Gasteiger partial charge is 0.102 e. The Bertz CT molecular complexity index is 224. The van der Waals surface area contributed by atoms with E-state index >= 15 is 0 Å². The second kappa shape index (κ2) is 3.83. The summed E-state index contributed by atoms with van der Waals surface area (Å²) < 4.78 is 0. The number of rotatable bonds is 1. The van der Waals surface area contributed by atoms with Gasteiger partial charge in [-0.1, -0.05) is 6.08 Å². The van der Waals surface area contributed by atoms with E-state index in [-0.39, 0.29) is 0 Å². The van der Waals surface area contributed by atoms with Crippen LogP contribution in [-0.4, -0.2) is 49.6 Å². The average Bonchev–Trinajstić information content (AvgIpc) is 2.20. The van der Waals surface area contributed by atoms with Gasteiger partial charge < -0.3 is 15.1 Å². The summed E-state index contributed by atoms with van der Waals surface area (Å²) >= 11 is 0. The van der Waals surface area contributed by atoms with Crippen LogP contribution in [0.3, 0.4) is 0 Å². The van der Waals surface area contributed by atoms with Crippen LogP contribution < -0.4 is 5.32 Å². The highest BCUT2D eigenvalue weighted by Crippen LogP contribution is 2.07. The molecule has 0 spiro atoms. The van der Waals surface area contributed by atoms with E-state index < -0.39 is 0 Å². The van der Waals surface area contributed by atoms with Gasteiger partial charge in [0.05, 0.1) is 0 Å². The van der Waals surface area contributed by atoms with Crippen LogP contribution >= 0.6 is 0 Å². The van der Waals surface area contributed by atoms with Crippen molar-refractivity contribution < 1.29 is 0 Å². The molecule has 1 N–H and O–H groups in total. The molecule has 1 fully saturated rings. The summed E-state index contributed by atoms with van der Waals surface area (Å²) in [5.74, 6) is 1.26. The van der Waals surface area contributed by atoms with Crippen LogP contribution in [0.2, 0.25) is 0 Å². The van der Waals surface area contributed by atoms with Crippen LogP contribution in [0.15, 0.2) is 18.0 Å². The van der Waals surface area contributed by atoms with E-state index in [1.807, 2.05) is 6.08 Å². The van der Waals surface area contributed by atoms with Crippen LogP contribution in [-0.2, 0) is 0 Å². The summed E-state index contributed by atoms with van der Waals surface area (Å²) in [5.41, 5.74) is 0. The van der Waals surface area contributed by atoms with Crippen molar-refractivity contribution in [3.8, 4) is 0 Å². The number of nitrogens with zero attached hydrogens (tertiary/aromatic N) is 2. The Morgan fingerprint density at radius 1 is 1.31 bits per heavy atom. The fourth-order valence-corrected chi connectivity index (χ4v) is 1.66. The van der Waals surface area contributed by atoms with Crippen molar-refractivity contribution in [3.05, 3.63) is 24.0 Å². The van der Waals surface area contributed by atoms with Gasteiger partial charge in [0, 0.05) is 32.7 Å². The highest BCUT2D eigenvalue weighted by molar-refractivity contribution is 5.13. The maximum atomic E-state index is 3.33. The Morgan fingerprint density at radius 3 is 2.69 bits per heavy atom. The fourth-order valence-electron chi connectivity index (χ4n) is 1.66. The summed E-state index contributed by atoms with van der Waals surface area (Å²) in [6.45, 7) is 5.42. The van der Waals surface area contributed by atoms with Gasteiger partial charge in [0.1, 0.15) is 5.82 Å². The SMILES string of the molecule is CN1CCN(C2=CC=[C]CN2)CC1. The van der Waals surface area contributed by atoms with Crippen molar-refractivity contribution in [2.24, 2.45) is 0 Å². The zero-order chi connectivity index (χ0) is 9.10. The fraction of sp³-hybridized carbons (Fsp3) is 0.600. The predicted octanol–water partition coefficient (Wildman–Crippen LogP) is 0.0378. The second-order valence-corrected chi connectivity index (χ2v) is 3.57. The summed E-state index contributed by atoms with van der Waals surface area (Å²) in [5, 5.41) is 3.33. The number of piperazine rings is 1. The van der Waals surface area contributed by atoms with E-state index in [4.69, 9.17) is 0 Å². The van der Waals surface area contributed by atoms with Gasteiger partial charge in [-0.05, 0) is 19.2 Å². The number of nitrogens with one attached hydrogen (secondary N) is 1. The molecule has 0 amide bonds. The highest BCUT2D eigenvalue weighted by atomic mass is 15.3. The van der Waals surface area contributed by atoms with Crippen LogP contribution in [0.4, 0.5) is 0 Å². The van der Waals surface area contributed by atoms with E-state index in [2.05, 4.69) is 34.3 Å². The lowest BCUT2D eigenvalue weighted by atomic mass is 10.3. The molecule has 3 nitrogen and oxygen atoms in total. The molecule has 2 rings (SSSR count). The lowest BCUT2D eigenvalue weighted by molar-refractivity contribution is 0.178. The molecule has 2 aliphatic heterocycles. The van der Waals surface area contributed by atoms with Gasteiger partial charge in [-0.2, -0.15) is 0 Å². The lowest BCUT2D eigenvalue weighted by Gasteiger charge is -2.36. The average molecular weight is 178 g/mol. The molecule has 0 saturated carbocycles. The highest BCUT2D eigenvalue weighted by Gasteiger charge is 2.15. The third-order valence-corrected chi connectivity index (χ3v) is 2.57. The molecule has 71 valence electrons. The van der Waals surface area contributed by atoms with Gasteiger partial charge in [0.2, 0.25) is 0 Å². The molecule has 0 aliphatic carbocycles. The molecule has 0 aromatic carbocycles. The minimum absolute atomic E-state index is 0.845. The molecule has 1 radical (unpaired) electrons. The molecular formula is C10H16N3. The molecule has 2 aliphatic rings. The predicted molar refractivity (Wildman–Crippen MR) is 53.0 cm³/mol. The van der Waals surface area contributed by atoms with Gasteiger partial charge in [0.25, 0.3) is 0 Å². The third kappa shape index (κ3) is 2.04. The van der Waals surface area contributed by atoms with Crippen molar-refractivity contribution in [2.75, 3.05) is 39.8 Å². The molecule has 0 aromatic rings. The Labute approximate surface area is 79.7 Å². The summed E-state index contributed by atoms with van der Waals surface area (Å²) in [6, 6.07) is 0. The summed E-state index contributed by atoms with van der Waals surface area (Å²) in [6.07, 6.45) is 7.22. The number of likely N-dealkylation sites (N-methyl/N-ethyl adjacent to an activating group) is 1. The van der Waals surface area contributed by atoms with Crippen molar-refractivity contribution in [1.82, 2.24) is 15.1 Å². The summed E-state index contributed by atoms with van der Waals surface area (Å²) in [4.78, 5) is 4.76. The van der Waals surface area contributed by atoms with Crippen LogP contribution in [0.5, 0.6) is 0 Å². The number of allylic oxidation sites excluding steroid dienone is 2. The van der Waals surface area contributed by atoms with E-state index in [1.165, 1.54) is 5.82 Å². The Kier molecular flexibility index (Phi) is 2.54. The standard InChI is InChI=1S/C10H16N3/c1-12-6-8-13(9-7-12)10-4-2-3-5-11-10/h2,4,11H,5-9H2,1H3. The van der Waals surface area contributed by atoms with Crippen LogP contribution in [0, 0.1) is 6.08 Å². The second-order valence-electron chi connectivity index (χ2n) is 3.57. The quantitative estimate of drug-likeness (QED) is 0.611. The van der Waals surface area contributed by atoms with Crippen molar-refractivity contribution in [1.29, 1.82) is 0 Å². The Morgan fingerprint density at radius 2 is 2.08 bits per heavy atom. The maximum absolute atomic E-state index is 3.33. The zero-order valence-corrected chi connectivity index (χ0v) is 8.08. The molecule has 3 heteroatoms. The molecular weight excluding hydrogens is 162 g/mol. The first-order valence-corrected chi connectivity index (χ1v) is 4.80. The van der Waals surface area contributed by atoms with Gasteiger partial charge >= 0.3 is 0 Å². The van der Waals surface area contributed by atoms with Crippen LogP contribution in [0.1, 0.15) is 0 Å². The molecule has 13 heavy (non-hydrogen) atoms. The molecule has 2 heterocycles. The summed E-state index contributed by atoms with van der Waals surface area (Å²) in [7, 11) is 2.17. The topological polar surface area (TPSA) is 18.5 Å². The normalized spacial score (nSPS) is 24.1. The monoisotopic (exact) mass is 178 g/mol. The van der Waals surface area contributed by atoms with Gasteiger partial charge in [-0.3, -0.25) is 0 Å². The third-order valence-electron chi connectivity index (χ3n) is 2.57. The van der Waals surface area contributed by atoms with Crippen molar-refractivity contribution in [3.63, 3.8) is 0 Å². The Balaban J connectivity index is 1.93. The first-order valence-electron chi connectivity index (χ1n) is 4.80. The Hall–Kier alpha value is -0.960. The first-order chi connectivity index (χ1) is 6.36. The molecule has 0 unspecified atom stereocenters. The zero-order valence-electron chi connectivity index (χ0n) is 8.08. The van der Waals surface area contributed by atoms with E-state index in [1.54, 1.807) is 0 Å². The maximum Gasteiger partial charge on any atom is 0.102 e. The van der Waals surface area contributed by atoms with Gasteiger partial charge in [0.15, 0.2) is 0 Å². The molecule has 1 saturated heterocycles. The van der Waals surface area contributed by atoms with Crippen molar-refractivity contribution in [2.45, 2.75) is 0 Å². The van der Waals surface area contributed by atoms with Gasteiger partial charge in [-0.25, -0.2) is 0 Å². The van der Waals surface area contributed by atoms with Crippen LogP contribution in [0.25, 0.3) is 0 Å². The minimum Gasteiger partial charge on any atom is -0.368 e. The molecule has 0 bridgehead atoms. The molecule has 0 aromatic heterocycles. The number of hydrogen-bond acceptors (Lipinski definition) is 3. The largest absolute Gasteiger partial charge is 0.368 e.